The van der Waals surface area contributed by atoms with Crippen LogP contribution in [0.2, 0.25) is 0 Å². The van der Waals surface area contributed by atoms with Crippen molar-refractivity contribution in [2.75, 3.05) is 6.54 Å². The third-order valence-corrected chi connectivity index (χ3v) is 3.99. The van der Waals surface area contributed by atoms with E-state index in [0.717, 1.165) is 25.8 Å². The Morgan fingerprint density at radius 1 is 1.37 bits per heavy atom. The molecule has 3 heteroatoms. The Bertz CT molecular complexity index is 427. The summed E-state index contributed by atoms with van der Waals surface area (Å²) in [6, 6.07) is 8.96. The van der Waals surface area contributed by atoms with Crippen molar-refractivity contribution in [3.63, 3.8) is 0 Å². The molecule has 0 spiro atoms. The van der Waals surface area contributed by atoms with E-state index in [1.54, 1.807) is 0 Å². The lowest BCUT2D eigenvalue weighted by atomic mass is 9.98. The molecule has 0 bridgehead atoms. The largest absolute Gasteiger partial charge is 0.340 e. The van der Waals surface area contributed by atoms with Crippen LogP contribution in [0.25, 0.3) is 0 Å². The summed E-state index contributed by atoms with van der Waals surface area (Å²) in [5.41, 5.74) is 8.42. The first kappa shape index (κ1) is 14.1. The second-order valence-electron chi connectivity index (χ2n) is 5.71. The Kier molecular flexibility index (Phi) is 4.59. The van der Waals surface area contributed by atoms with Crippen LogP contribution in [0.5, 0.6) is 0 Å². The van der Waals surface area contributed by atoms with Gasteiger partial charge in [0.2, 0.25) is 5.91 Å². The predicted octanol–water partition coefficient (Wildman–Crippen LogP) is 2.27. The van der Waals surface area contributed by atoms with Crippen molar-refractivity contribution >= 4 is 5.91 Å². The minimum atomic E-state index is 0.260. The van der Waals surface area contributed by atoms with Gasteiger partial charge in [0.15, 0.2) is 0 Å². The summed E-state index contributed by atoms with van der Waals surface area (Å²) in [5.74, 6) is 0.264. The average Bonchev–Trinajstić information content (AvgIpc) is 2.37. The Labute approximate surface area is 115 Å². The van der Waals surface area contributed by atoms with E-state index < -0.39 is 0 Å². The maximum Gasteiger partial charge on any atom is 0.223 e. The highest BCUT2D eigenvalue weighted by Gasteiger charge is 2.26. The van der Waals surface area contributed by atoms with Gasteiger partial charge in [-0.25, -0.2) is 0 Å². The summed E-state index contributed by atoms with van der Waals surface area (Å²) in [7, 11) is 0. The van der Waals surface area contributed by atoms with Gasteiger partial charge < -0.3 is 10.6 Å². The number of benzene rings is 1. The topological polar surface area (TPSA) is 46.3 Å². The molecule has 19 heavy (non-hydrogen) atoms. The number of nitrogens with two attached hydrogens (primary N) is 1. The molecular formula is C16H24N2O. The van der Waals surface area contributed by atoms with Gasteiger partial charge in [-0.2, -0.15) is 0 Å². The lowest BCUT2D eigenvalue weighted by molar-refractivity contribution is -0.134. The first-order valence-corrected chi connectivity index (χ1v) is 7.17. The zero-order chi connectivity index (χ0) is 13.8. The van der Waals surface area contributed by atoms with Crippen LogP contribution in [0.15, 0.2) is 24.3 Å². The van der Waals surface area contributed by atoms with Crippen LogP contribution in [-0.4, -0.2) is 29.4 Å². The molecule has 1 heterocycles. The second-order valence-corrected chi connectivity index (χ2v) is 5.71. The molecule has 1 aromatic rings. The fraction of sp³-hybridized carbons (Fsp3) is 0.562. The number of aryl methyl sites for hydroxylation is 2. The highest BCUT2D eigenvalue weighted by Crippen LogP contribution is 2.17. The van der Waals surface area contributed by atoms with Crippen LogP contribution < -0.4 is 5.73 Å². The van der Waals surface area contributed by atoms with Gasteiger partial charge in [0.25, 0.3) is 0 Å². The standard InChI is InChI=1S/C16H24N2O/c1-12-3-5-14(6-4-12)7-8-16(19)18-10-9-15(17)11-13(18)2/h3-6,13,15H,7-11,17H2,1-2H3. The number of hydrogen-bond donors (Lipinski definition) is 1. The Hall–Kier alpha value is -1.35. The van der Waals surface area contributed by atoms with Crippen molar-refractivity contribution in [2.24, 2.45) is 5.73 Å². The lowest BCUT2D eigenvalue weighted by Gasteiger charge is -2.36. The number of likely N-dealkylation sites (tertiary alicyclic amines) is 1. The van der Waals surface area contributed by atoms with E-state index in [1.807, 2.05) is 4.90 Å². The number of rotatable bonds is 3. The highest BCUT2D eigenvalue weighted by atomic mass is 16.2. The van der Waals surface area contributed by atoms with Crippen molar-refractivity contribution < 1.29 is 4.79 Å². The molecular weight excluding hydrogens is 236 g/mol. The molecule has 1 aliphatic heterocycles. The van der Waals surface area contributed by atoms with Gasteiger partial charge in [-0.1, -0.05) is 29.8 Å². The van der Waals surface area contributed by atoms with Gasteiger partial charge in [-0.05, 0) is 38.7 Å². The lowest BCUT2D eigenvalue weighted by Crippen LogP contribution is -2.48. The van der Waals surface area contributed by atoms with E-state index >= 15 is 0 Å². The molecule has 0 aromatic heterocycles. The maximum atomic E-state index is 12.2. The summed E-state index contributed by atoms with van der Waals surface area (Å²) >= 11 is 0. The van der Waals surface area contributed by atoms with Crippen molar-refractivity contribution in [3.8, 4) is 0 Å². The van der Waals surface area contributed by atoms with Crippen molar-refractivity contribution in [1.82, 2.24) is 4.90 Å². The van der Waals surface area contributed by atoms with Crippen LogP contribution in [-0.2, 0) is 11.2 Å². The molecule has 104 valence electrons. The monoisotopic (exact) mass is 260 g/mol. The van der Waals surface area contributed by atoms with Gasteiger partial charge in [0, 0.05) is 25.0 Å². The summed E-state index contributed by atoms with van der Waals surface area (Å²) < 4.78 is 0. The number of nitrogens with zero attached hydrogens (tertiary/aromatic N) is 1. The number of amides is 1. The molecule has 2 unspecified atom stereocenters. The van der Waals surface area contributed by atoms with Crippen LogP contribution in [0.1, 0.15) is 37.3 Å². The molecule has 0 radical (unpaired) electrons. The average molecular weight is 260 g/mol. The van der Waals surface area contributed by atoms with Gasteiger partial charge in [-0.3, -0.25) is 4.79 Å². The number of piperidine rings is 1. The number of carbonyl (C=O) groups is 1. The van der Waals surface area contributed by atoms with Gasteiger partial charge in [0.05, 0.1) is 0 Å². The predicted molar refractivity (Wildman–Crippen MR) is 77.9 cm³/mol. The van der Waals surface area contributed by atoms with Crippen LogP contribution in [0.4, 0.5) is 0 Å². The molecule has 0 saturated carbocycles. The van der Waals surface area contributed by atoms with Crippen molar-refractivity contribution in [1.29, 1.82) is 0 Å². The molecule has 2 rings (SSSR count). The smallest absolute Gasteiger partial charge is 0.223 e. The van der Waals surface area contributed by atoms with E-state index in [9.17, 15) is 4.79 Å². The summed E-state index contributed by atoms with van der Waals surface area (Å²) in [5, 5.41) is 0. The molecule has 1 amide bonds. The Morgan fingerprint density at radius 2 is 2.05 bits per heavy atom. The number of hydrogen-bond acceptors (Lipinski definition) is 2. The SMILES string of the molecule is Cc1ccc(CCC(=O)N2CCC(N)CC2C)cc1. The van der Waals surface area contributed by atoms with Gasteiger partial charge in [0.1, 0.15) is 0 Å². The first-order valence-electron chi connectivity index (χ1n) is 7.17. The minimum Gasteiger partial charge on any atom is -0.340 e. The van der Waals surface area contributed by atoms with Gasteiger partial charge >= 0.3 is 0 Å². The third-order valence-electron chi connectivity index (χ3n) is 3.99. The van der Waals surface area contributed by atoms with Crippen LogP contribution >= 0.6 is 0 Å². The third kappa shape index (κ3) is 3.80. The molecule has 1 aromatic carbocycles. The van der Waals surface area contributed by atoms with Crippen LogP contribution in [0.3, 0.4) is 0 Å². The molecule has 2 N–H and O–H groups in total. The molecule has 1 saturated heterocycles. The number of carbonyl (C=O) groups excluding carboxylic acids is 1. The van der Waals surface area contributed by atoms with E-state index in [1.165, 1.54) is 11.1 Å². The summed E-state index contributed by atoms with van der Waals surface area (Å²) in [4.78, 5) is 14.2. The minimum absolute atomic E-state index is 0.260. The second kappa shape index (κ2) is 6.20. The molecule has 2 atom stereocenters. The summed E-state index contributed by atoms with van der Waals surface area (Å²) in [6.45, 7) is 4.99. The van der Waals surface area contributed by atoms with E-state index in [4.69, 9.17) is 5.73 Å². The first-order chi connectivity index (χ1) is 9.06. The van der Waals surface area contributed by atoms with E-state index in [0.29, 0.717) is 6.42 Å². The quantitative estimate of drug-likeness (QED) is 0.906. The Balaban J connectivity index is 1.85. The molecule has 1 fully saturated rings. The maximum absolute atomic E-state index is 12.2. The van der Waals surface area contributed by atoms with E-state index in [2.05, 4.69) is 38.1 Å². The summed E-state index contributed by atoms with van der Waals surface area (Å²) in [6.07, 6.45) is 3.29. The van der Waals surface area contributed by atoms with Crippen LogP contribution in [0, 0.1) is 6.92 Å². The van der Waals surface area contributed by atoms with Gasteiger partial charge in [-0.15, -0.1) is 0 Å². The molecule has 0 aliphatic carbocycles. The van der Waals surface area contributed by atoms with E-state index in [-0.39, 0.29) is 18.0 Å². The van der Waals surface area contributed by atoms with Crippen molar-refractivity contribution in [2.45, 2.75) is 51.6 Å². The normalized spacial score (nSPS) is 23.4. The molecule has 3 nitrogen and oxygen atoms in total. The van der Waals surface area contributed by atoms with Crippen molar-refractivity contribution in [3.05, 3.63) is 35.4 Å². The zero-order valence-corrected chi connectivity index (χ0v) is 11.9. The fourth-order valence-electron chi connectivity index (χ4n) is 2.73. The fourth-order valence-corrected chi connectivity index (χ4v) is 2.73. The molecule has 1 aliphatic rings. The zero-order valence-electron chi connectivity index (χ0n) is 11.9. The Morgan fingerprint density at radius 3 is 2.68 bits per heavy atom. The highest BCUT2D eigenvalue weighted by molar-refractivity contribution is 5.76.